The fourth-order valence-corrected chi connectivity index (χ4v) is 1.000. The number of benzene rings is 1. The molecule has 0 heterocycles. The first-order valence-corrected chi connectivity index (χ1v) is 5.68. The predicted octanol–water partition coefficient (Wildman–Crippen LogP) is 4.39. The zero-order valence-corrected chi connectivity index (χ0v) is 10.6. The Morgan fingerprint density at radius 2 is 1.67 bits per heavy atom. The van der Waals surface area contributed by atoms with Gasteiger partial charge in [-0.1, -0.05) is 38.8 Å². The van der Waals surface area contributed by atoms with Gasteiger partial charge in [0.1, 0.15) is 0 Å². The van der Waals surface area contributed by atoms with Crippen molar-refractivity contribution in [2.24, 2.45) is 0 Å². The van der Waals surface area contributed by atoms with Crippen LogP contribution in [-0.2, 0) is 0 Å². The standard InChI is InChI=1S/C6H5IS.C4H10/c7-5-3-1-2-4-6(5)8;1-3-4-2/h1-4,8H;3-4H2,1-2H3. The summed E-state index contributed by atoms with van der Waals surface area (Å²) in [6.45, 7) is 4.36. The SMILES string of the molecule is CCCC.Sc1ccccc1I. The first-order chi connectivity index (χ1) is 5.72. The third kappa shape index (κ3) is 5.89. The molecular formula is C10H15IS. The second-order valence-corrected chi connectivity index (χ2v) is 4.10. The topological polar surface area (TPSA) is 0 Å². The first-order valence-electron chi connectivity index (χ1n) is 4.15. The lowest BCUT2D eigenvalue weighted by Crippen LogP contribution is -1.69. The zero-order valence-electron chi connectivity index (χ0n) is 7.55. The fraction of sp³-hybridized carbons (Fsp3) is 0.400. The van der Waals surface area contributed by atoms with Gasteiger partial charge in [0.2, 0.25) is 0 Å². The molecule has 0 atom stereocenters. The third-order valence-electron chi connectivity index (χ3n) is 1.35. The van der Waals surface area contributed by atoms with Gasteiger partial charge in [0.25, 0.3) is 0 Å². The summed E-state index contributed by atoms with van der Waals surface area (Å²) in [6.07, 6.45) is 2.64. The number of unbranched alkanes of at least 4 members (excludes halogenated alkanes) is 1. The molecule has 0 aliphatic rings. The van der Waals surface area contributed by atoms with Crippen molar-refractivity contribution in [2.45, 2.75) is 31.6 Å². The molecule has 0 spiro atoms. The van der Waals surface area contributed by atoms with Crippen molar-refractivity contribution in [1.29, 1.82) is 0 Å². The Bertz CT molecular complexity index is 188. The molecule has 0 bridgehead atoms. The zero-order chi connectivity index (χ0) is 9.40. The maximum Gasteiger partial charge on any atom is 0.0263 e. The summed E-state index contributed by atoms with van der Waals surface area (Å²) in [7, 11) is 0. The molecule has 1 aromatic carbocycles. The van der Waals surface area contributed by atoms with Crippen molar-refractivity contribution in [3.05, 3.63) is 27.8 Å². The van der Waals surface area contributed by atoms with Gasteiger partial charge in [-0.05, 0) is 34.7 Å². The Labute approximate surface area is 94.3 Å². The molecule has 0 N–H and O–H groups in total. The molecule has 1 aromatic rings. The average Bonchev–Trinajstić information content (AvgIpc) is 2.11. The van der Waals surface area contributed by atoms with E-state index in [2.05, 4.69) is 49.1 Å². The normalized spacial score (nSPS) is 8.67. The van der Waals surface area contributed by atoms with Crippen molar-refractivity contribution in [1.82, 2.24) is 0 Å². The highest BCUT2D eigenvalue weighted by molar-refractivity contribution is 14.1. The van der Waals surface area contributed by atoms with E-state index in [1.54, 1.807) is 0 Å². The van der Waals surface area contributed by atoms with E-state index in [9.17, 15) is 0 Å². The molecule has 12 heavy (non-hydrogen) atoms. The number of hydrogen-bond acceptors (Lipinski definition) is 1. The third-order valence-corrected chi connectivity index (χ3v) is 3.11. The summed E-state index contributed by atoms with van der Waals surface area (Å²) < 4.78 is 1.20. The lowest BCUT2D eigenvalue weighted by atomic mass is 10.4. The molecule has 0 aliphatic carbocycles. The second-order valence-electron chi connectivity index (χ2n) is 2.45. The van der Waals surface area contributed by atoms with Gasteiger partial charge < -0.3 is 0 Å². The Morgan fingerprint density at radius 3 is 1.92 bits per heavy atom. The smallest absolute Gasteiger partial charge is 0.0263 e. The van der Waals surface area contributed by atoms with Crippen LogP contribution in [0.3, 0.4) is 0 Å². The van der Waals surface area contributed by atoms with E-state index in [0.29, 0.717) is 0 Å². The number of halogens is 1. The van der Waals surface area contributed by atoms with Gasteiger partial charge in [-0.25, -0.2) is 0 Å². The molecule has 0 unspecified atom stereocenters. The van der Waals surface area contributed by atoms with Gasteiger partial charge in [0.15, 0.2) is 0 Å². The molecule has 1 rings (SSSR count). The molecule has 0 amide bonds. The van der Waals surface area contributed by atoms with Crippen LogP contribution in [0.5, 0.6) is 0 Å². The molecular weight excluding hydrogens is 279 g/mol. The van der Waals surface area contributed by atoms with Gasteiger partial charge >= 0.3 is 0 Å². The van der Waals surface area contributed by atoms with E-state index in [1.165, 1.54) is 16.4 Å². The minimum absolute atomic E-state index is 1.05. The van der Waals surface area contributed by atoms with Crippen molar-refractivity contribution < 1.29 is 0 Å². The van der Waals surface area contributed by atoms with Gasteiger partial charge in [-0.3, -0.25) is 0 Å². The maximum absolute atomic E-state index is 4.19. The van der Waals surface area contributed by atoms with Gasteiger partial charge in [0.05, 0.1) is 0 Å². The summed E-state index contributed by atoms with van der Waals surface area (Å²) >= 11 is 6.44. The van der Waals surface area contributed by atoms with Crippen LogP contribution in [0.15, 0.2) is 29.2 Å². The molecule has 68 valence electrons. The second kappa shape index (κ2) is 7.92. The first kappa shape index (κ1) is 12.3. The molecule has 0 radical (unpaired) electrons. The number of thiol groups is 1. The van der Waals surface area contributed by atoms with Gasteiger partial charge in [-0.2, -0.15) is 0 Å². The van der Waals surface area contributed by atoms with Crippen LogP contribution in [0.2, 0.25) is 0 Å². The van der Waals surface area contributed by atoms with Crippen molar-refractivity contribution in [3.63, 3.8) is 0 Å². The van der Waals surface area contributed by atoms with E-state index in [1.807, 2.05) is 24.3 Å². The van der Waals surface area contributed by atoms with E-state index >= 15 is 0 Å². The van der Waals surface area contributed by atoms with E-state index in [4.69, 9.17) is 0 Å². The maximum atomic E-state index is 4.19. The molecule has 0 saturated carbocycles. The molecule has 0 aromatic heterocycles. The predicted molar refractivity (Wildman–Crippen MR) is 67.0 cm³/mol. The van der Waals surface area contributed by atoms with Gasteiger partial charge in [-0.15, -0.1) is 12.6 Å². The molecule has 0 fully saturated rings. The highest BCUT2D eigenvalue weighted by Crippen LogP contribution is 2.13. The van der Waals surface area contributed by atoms with Crippen LogP contribution in [0.4, 0.5) is 0 Å². The van der Waals surface area contributed by atoms with Crippen molar-refractivity contribution in [2.75, 3.05) is 0 Å². The summed E-state index contributed by atoms with van der Waals surface area (Å²) in [5, 5.41) is 0. The lowest BCUT2D eigenvalue weighted by Gasteiger charge is -1.90. The van der Waals surface area contributed by atoms with E-state index in [-0.39, 0.29) is 0 Å². The van der Waals surface area contributed by atoms with Crippen molar-refractivity contribution >= 4 is 35.2 Å². The van der Waals surface area contributed by atoms with Crippen LogP contribution in [-0.4, -0.2) is 0 Å². The van der Waals surface area contributed by atoms with Crippen LogP contribution >= 0.6 is 35.2 Å². The number of rotatable bonds is 1. The molecule has 0 nitrogen and oxygen atoms in total. The van der Waals surface area contributed by atoms with Crippen LogP contribution in [0.1, 0.15) is 26.7 Å². The van der Waals surface area contributed by atoms with Crippen LogP contribution < -0.4 is 0 Å². The minimum Gasteiger partial charge on any atom is -0.142 e. The Hall–Kier alpha value is 0.300. The monoisotopic (exact) mass is 294 g/mol. The van der Waals surface area contributed by atoms with E-state index in [0.717, 1.165) is 4.90 Å². The molecule has 0 saturated heterocycles. The van der Waals surface area contributed by atoms with E-state index < -0.39 is 0 Å². The minimum atomic E-state index is 1.05. The molecule has 2 heteroatoms. The summed E-state index contributed by atoms with van der Waals surface area (Å²) in [4.78, 5) is 1.05. The summed E-state index contributed by atoms with van der Waals surface area (Å²) in [5.41, 5.74) is 0. The van der Waals surface area contributed by atoms with Crippen LogP contribution in [0.25, 0.3) is 0 Å². The van der Waals surface area contributed by atoms with Gasteiger partial charge in [0, 0.05) is 8.47 Å². The molecule has 0 aliphatic heterocycles. The Morgan fingerprint density at radius 1 is 1.17 bits per heavy atom. The van der Waals surface area contributed by atoms with Crippen molar-refractivity contribution in [3.8, 4) is 0 Å². The summed E-state index contributed by atoms with van der Waals surface area (Å²) in [5.74, 6) is 0. The largest absolute Gasteiger partial charge is 0.142 e. The Kier molecular flexibility index (Phi) is 8.12. The highest BCUT2D eigenvalue weighted by Gasteiger charge is 1.87. The average molecular weight is 294 g/mol. The van der Waals surface area contributed by atoms with Crippen LogP contribution in [0, 0.1) is 3.57 Å². The number of hydrogen-bond donors (Lipinski definition) is 1. The lowest BCUT2D eigenvalue weighted by molar-refractivity contribution is 0.886. The highest BCUT2D eigenvalue weighted by atomic mass is 127. The fourth-order valence-electron chi connectivity index (χ4n) is 0.452. The quantitative estimate of drug-likeness (QED) is 0.576. The Balaban J connectivity index is 0.000000261. The summed E-state index contributed by atoms with van der Waals surface area (Å²) in [6, 6.07) is 7.99.